The summed E-state index contributed by atoms with van der Waals surface area (Å²) in [6.07, 6.45) is 4.88. The van der Waals surface area contributed by atoms with Crippen LogP contribution in [0.15, 0.2) is 35.5 Å². The zero-order valence-corrected chi connectivity index (χ0v) is 17.8. The molecule has 1 aliphatic rings. The lowest BCUT2D eigenvalue weighted by molar-refractivity contribution is 0.261. The van der Waals surface area contributed by atoms with Gasteiger partial charge in [0, 0.05) is 43.1 Å². The molecule has 136 valence electrons. The molecule has 0 saturated heterocycles. The Morgan fingerprint density at radius 1 is 1.40 bits per heavy atom. The van der Waals surface area contributed by atoms with Gasteiger partial charge in [0.15, 0.2) is 5.96 Å². The van der Waals surface area contributed by atoms with E-state index in [9.17, 15) is 0 Å². The van der Waals surface area contributed by atoms with E-state index in [-0.39, 0.29) is 30.0 Å². The molecule has 2 aromatic rings. The van der Waals surface area contributed by atoms with E-state index in [0.717, 1.165) is 44.1 Å². The number of aliphatic imine (C=N–C) groups is 1. The summed E-state index contributed by atoms with van der Waals surface area (Å²) in [7, 11) is 1.80. The molecule has 1 aromatic heterocycles. The number of rotatable bonds is 5. The van der Waals surface area contributed by atoms with Crippen molar-refractivity contribution in [2.45, 2.75) is 32.2 Å². The fourth-order valence-electron chi connectivity index (χ4n) is 2.77. The van der Waals surface area contributed by atoms with Crippen LogP contribution in [-0.2, 0) is 12.8 Å². The second-order valence-corrected chi connectivity index (χ2v) is 6.89. The summed E-state index contributed by atoms with van der Waals surface area (Å²) < 4.78 is 5.71. The maximum atomic E-state index is 5.71. The summed E-state index contributed by atoms with van der Waals surface area (Å²) in [4.78, 5) is 10.1. The number of nitrogens with one attached hydrogen (secondary N) is 2. The van der Waals surface area contributed by atoms with Gasteiger partial charge in [0.1, 0.15) is 5.75 Å². The average molecular weight is 472 g/mol. The third-order valence-corrected chi connectivity index (χ3v) is 5.28. The maximum absolute atomic E-state index is 5.71. The van der Waals surface area contributed by atoms with E-state index in [0.29, 0.717) is 0 Å². The number of aryl methyl sites for hydroxylation is 1. The van der Waals surface area contributed by atoms with Gasteiger partial charge in [-0.25, -0.2) is 4.98 Å². The monoisotopic (exact) mass is 472 g/mol. The Morgan fingerprint density at radius 2 is 2.24 bits per heavy atom. The maximum Gasteiger partial charge on any atom is 0.191 e. The van der Waals surface area contributed by atoms with E-state index >= 15 is 0 Å². The van der Waals surface area contributed by atoms with E-state index in [4.69, 9.17) is 4.74 Å². The van der Waals surface area contributed by atoms with E-state index < -0.39 is 0 Å². The summed E-state index contributed by atoms with van der Waals surface area (Å²) in [6.45, 7) is 3.71. The SMILES string of the molecule is CCc1cnc(CCNC(=NC)NC2CCOc3ccccc32)s1.I. The molecule has 0 amide bonds. The molecule has 1 aromatic carbocycles. The van der Waals surface area contributed by atoms with Crippen LogP contribution in [0.25, 0.3) is 0 Å². The Hall–Kier alpha value is -1.35. The molecule has 2 N–H and O–H groups in total. The molecule has 3 rings (SSSR count). The zero-order chi connectivity index (χ0) is 16.8. The van der Waals surface area contributed by atoms with Crippen LogP contribution in [0.2, 0.25) is 0 Å². The van der Waals surface area contributed by atoms with Crippen LogP contribution >= 0.6 is 35.3 Å². The molecule has 1 aliphatic heterocycles. The Kier molecular flexibility index (Phi) is 7.95. The van der Waals surface area contributed by atoms with Gasteiger partial charge in [-0.2, -0.15) is 0 Å². The summed E-state index contributed by atoms with van der Waals surface area (Å²) in [6, 6.07) is 8.42. The number of halogens is 1. The Bertz CT molecular complexity index is 704. The molecule has 1 atom stereocenters. The number of thiazole rings is 1. The van der Waals surface area contributed by atoms with Crippen molar-refractivity contribution >= 4 is 41.3 Å². The second-order valence-electron chi connectivity index (χ2n) is 5.69. The molecule has 2 heterocycles. The highest BCUT2D eigenvalue weighted by atomic mass is 127. The van der Waals surface area contributed by atoms with Crippen molar-refractivity contribution in [2.24, 2.45) is 4.99 Å². The predicted octanol–water partition coefficient (Wildman–Crippen LogP) is 3.55. The molecule has 0 fully saturated rings. The fourth-order valence-corrected chi connectivity index (χ4v) is 3.63. The van der Waals surface area contributed by atoms with Crippen molar-refractivity contribution in [2.75, 3.05) is 20.2 Å². The highest BCUT2D eigenvalue weighted by Crippen LogP contribution is 2.31. The van der Waals surface area contributed by atoms with Crippen LogP contribution in [0.3, 0.4) is 0 Å². The minimum absolute atomic E-state index is 0. The molecular formula is C18H25IN4OS. The number of aromatic nitrogens is 1. The van der Waals surface area contributed by atoms with Crippen molar-refractivity contribution in [1.82, 2.24) is 15.6 Å². The van der Waals surface area contributed by atoms with Crippen LogP contribution in [0.5, 0.6) is 5.75 Å². The van der Waals surface area contributed by atoms with Crippen LogP contribution < -0.4 is 15.4 Å². The van der Waals surface area contributed by atoms with Crippen LogP contribution in [0.1, 0.15) is 34.8 Å². The first-order valence-electron chi connectivity index (χ1n) is 8.42. The average Bonchev–Trinajstić information content (AvgIpc) is 3.09. The number of nitrogens with zero attached hydrogens (tertiary/aromatic N) is 2. The normalized spacial score (nSPS) is 16.4. The largest absolute Gasteiger partial charge is 0.493 e. The predicted molar refractivity (Wildman–Crippen MR) is 114 cm³/mol. The zero-order valence-electron chi connectivity index (χ0n) is 14.6. The lowest BCUT2D eigenvalue weighted by Crippen LogP contribution is -2.41. The van der Waals surface area contributed by atoms with E-state index in [1.807, 2.05) is 24.4 Å². The van der Waals surface area contributed by atoms with Crippen LogP contribution in [0, 0.1) is 0 Å². The van der Waals surface area contributed by atoms with Crippen molar-refractivity contribution in [3.63, 3.8) is 0 Å². The second kappa shape index (κ2) is 9.96. The molecule has 5 nitrogen and oxygen atoms in total. The van der Waals surface area contributed by atoms with Crippen molar-refractivity contribution in [1.29, 1.82) is 0 Å². The topological polar surface area (TPSA) is 58.5 Å². The summed E-state index contributed by atoms with van der Waals surface area (Å²) in [5.41, 5.74) is 1.19. The Morgan fingerprint density at radius 3 is 3.00 bits per heavy atom. The molecule has 0 saturated carbocycles. The van der Waals surface area contributed by atoms with Gasteiger partial charge in [0.2, 0.25) is 0 Å². The van der Waals surface area contributed by atoms with E-state index in [1.54, 1.807) is 18.4 Å². The molecule has 0 radical (unpaired) electrons. The summed E-state index contributed by atoms with van der Waals surface area (Å²) in [5.74, 6) is 1.79. The quantitative estimate of drug-likeness (QED) is 0.397. The highest BCUT2D eigenvalue weighted by Gasteiger charge is 2.21. The third kappa shape index (κ3) is 5.31. The molecule has 25 heavy (non-hydrogen) atoms. The number of hydrogen-bond donors (Lipinski definition) is 2. The number of guanidine groups is 1. The van der Waals surface area contributed by atoms with Gasteiger partial charge >= 0.3 is 0 Å². The number of para-hydroxylation sites is 1. The Labute approximate surface area is 170 Å². The number of hydrogen-bond acceptors (Lipinski definition) is 4. The van der Waals surface area contributed by atoms with Gasteiger partial charge in [0.25, 0.3) is 0 Å². The van der Waals surface area contributed by atoms with Crippen LogP contribution in [-0.4, -0.2) is 31.1 Å². The molecule has 0 aliphatic carbocycles. The van der Waals surface area contributed by atoms with Gasteiger partial charge in [-0.3, -0.25) is 4.99 Å². The first kappa shape index (κ1) is 20.0. The Balaban J connectivity index is 0.00000225. The lowest BCUT2D eigenvalue weighted by atomic mass is 10.0. The minimum atomic E-state index is 0. The number of benzene rings is 1. The van der Waals surface area contributed by atoms with Gasteiger partial charge in [-0.05, 0) is 12.5 Å². The minimum Gasteiger partial charge on any atom is -0.493 e. The third-order valence-electron chi connectivity index (χ3n) is 4.07. The summed E-state index contributed by atoms with van der Waals surface area (Å²) >= 11 is 1.79. The molecule has 7 heteroatoms. The van der Waals surface area contributed by atoms with Gasteiger partial charge in [-0.1, -0.05) is 25.1 Å². The molecular weight excluding hydrogens is 447 g/mol. The smallest absolute Gasteiger partial charge is 0.191 e. The summed E-state index contributed by atoms with van der Waals surface area (Å²) in [5, 5.41) is 8.07. The standard InChI is InChI=1S/C18H24N4OS.HI/c1-3-13-12-21-17(24-13)8-10-20-18(19-2)22-15-9-11-23-16-7-5-4-6-14(15)16;/h4-7,12,15H,3,8-11H2,1-2H3,(H2,19,20,22);1H. The van der Waals surface area contributed by atoms with Crippen molar-refractivity contribution < 1.29 is 4.74 Å². The van der Waals surface area contributed by atoms with Crippen molar-refractivity contribution in [3.8, 4) is 5.75 Å². The number of fused-ring (bicyclic) bond motifs is 1. The highest BCUT2D eigenvalue weighted by molar-refractivity contribution is 14.0. The van der Waals surface area contributed by atoms with E-state index in [2.05, 4.69) is 33.6 Å². The first-order valence-corrected chi connectivity index (χ1v) is 9.24. The van der Waals surface area contributed by atoms with Gasteiger partial charge in [0.05, 0.1) is 17.7 Å². The molecule has 0 spiro atoms. The first-order chi connectivity index (χ1) is 11.8. The number of ether oxygens (including phenoxy) is 1. The lowest BCUT2D eigenvalue weighted by Gasteiger charge is -2.28. The van der Waals surface area contributed by atoms with Gasteiger partial charge < -0.3 is 15.4 Å². The molecule has 0 bridgehead atoms. The van der Waals surface area contributed by atoms with E-state index in [1.165, 1.54) is 15.4 Å². The van der Waals surface area contributed by atoms with Gasteiger partial charge in [-0.15, -0.1) is 35.3 Å². The molecule has 1 unspecified atom stereocenters. The fraction of sp³-hybridized carbons (Fsp3) is 0.444. The van der Waals surface area contributed by atoms with Crippen LogP contribution in [0.4, 0.5) is 0 Å². The van der Waals surface area contributed by atoms with Crippen molar-refractivity contribution in [3.05, 3.63) is 45.9 Å².